The fourth-order valence-electron chi connectivity index (χ4n) is 4.69. The van der Waals surface area contributed by atoms with E-state index in [4.69, 9.17) is 0 Å². The summed E-state index contributed by atoms with van der Waals surface area (Å²) in [7, 11) is 0. The molecule has 162 valence electrons. The highest BCUT2D eigenvalue weighted by Gasteiger charge is 2.43. The van der Waals surface area contributed by atoms with Crippen molar-refractivity contribution in [3.05, 3.63) is 93.8 Å². The average Bonchev–Trinajstić information content (AvgIpc) is 3.42. The van der Waals surface area contributed by atoms with Crippen molar-refractivity contribution < 1.29 is 9.59 Å². The van der Waals surface area contributed by atoms with E-state index in [2.05, 4.69) is 29.2 Å². The zero-order chi connectivity index (χ0) is 22.1. The molecule has 32 heavy (non-hydrogen) atoms. The lowest BCUT2D eigenvalue weighted by Crippen LogP contribution is -2.39. The number of nitrogens with zero attached hydrogens (tertiary/aromatic N) is 2. The Kier molecular flexibility index (Phi) is 5.66. The lowest BCUT2D eigenvalue weighted by Gasteiger charge is -2.34. The summed E-state index contributed by atoms with van der Waals surface area (Å²) in [6, 6.07) is 22.0. The van der Waals surface area contributed by atoms with Gasteiger partial charge in [-0.15, -0.1) is 11.3 Å². The van der Waals surface area contributed by atoms with Gasteiger partial charge in [0.15, 0.2) is 0 Å². The lowest BCUT2D eigenvalue weighted by molar-refractivity contribution is -0.120. The molecule has 1 saturated heterocycles. The molecule has 0 bridgehead atoms. The molecule has 1 fully saturated rings. The second kappa shape index (κ2) is 8.75. The van der Waals surface area contributed by atoms with Gasteiger partial charge in [0.25, 0.3) is 11.8 Å². The van der Waals surface area contributed by atoms with Crippen molar-refractivity contribution in [2.45, 2.75) is 26.2 Å². The number of amides is 2. The van der Waals surface area contributed by atoms with Gasteiger partial charge in [0, 0.05) is 18.0 Å². The summed E-state index contributed by atoms with van der Waals surface area (Å²) < 4.78 is 0. The van der Waals surface area contributed by atoms with E-state index in [1.54, 1.807) is 0 Å². The Bertz CT molecular complexity index is 1140. The number of likely N-dealkylation sites (tertiary alicyclic amines) is 1. The Morgan fingerprint density at radius 2 is 1.59 bits per heavy atom. The van der Waals surface area contributed by atoms with Crippen molar-refractivity contribution in [1.82, 2.24) is 4.90 Å². The maximum atomic E-state index is 13.6. The van der Waals surface area contributed by atoms with Gasteiger partial charge in [0.1, 0.15) is 5.70 Å². The van der Waals surface area contributed by atoms with Crippen molar-refractivity contribution in [2.75, 3.05) is 18.0 Å². The van der Waals surface area contributed by atoms with Crippen LogP contribution in [0.2, 0.25) is 0 Å². The zero-order valence-corrected chi connectivity index (χ0v) is 19.0. The summed E-state index contributed by atoms with van der Waals surface area (Å²) in [6.07, 6.45) is 3.10. The van der Waals surface area contributed by atoms with Gasteiger partial charge in [-0.1, -0.05) is 54.1 Å². The second-order valence-electron chi connectivity index (χ2n) is 8.60. The zero-order valence-electron chi connectivity index (χ0n) is 18.2. The minimum absolute atomic E-state index is 0.205. The number of aryl methyl sites for hydroxylation is 1. The molecule has 0 aliphatic carbocycles. The SMILES string of the molecule is Cc1ccc(N2C(=O)C(c3cccs3)=C(N3CCC(Cc4ccccc4)CC3)C2=O)cc1. The van der Waals surface area contributed by atoms with Crippen LogP contribution in [0.5, 0.6) is 0 Å². The van der Waals surface area contributed by atoms with Crippen LogP contribution in [0.3, 0.4) is 0 Å². The number of rotatable bonds is 5. The van der Waals surface area contributed by atoms with Gasteiger partial charge in [0.2, 0.25) is 0 Å². The van der Waals surface area contributed by atoms with E-state index in [1.165, 1.54) is 21.8 Å². The number of carbonyl (C=O) groups is 2. The van der Waals surface area contributed by atoms with E-state index in [1.807, 2.05) is 54.8 Å². The largest absolute Gasteiger partial charge is 0.366 e. The van der Waals surface area contributed by atoms with E-state index in [9.17, 15) is 9.59 Å². The molecule has 0 radical (unpaired) electrons. The maximum Gasteiger partial charge on any atom is 0.282 e. The number of piperidine rings is 1. The highest BCUT2D eigenvalue weighted by atomic mass is 32.1. The van der Waals surface area contributed by atoms with Crippen LogP contribution in [0.1, 0.15) is 28.8 Å². The summed E-state index contributed by atoms with van der Waals surface area (Å²) in [5.41, 5.74) is 4.21. The number of hydrogen-bond acceptors (Lipinski definition) is 4. The first kappa shape index (κ1) is 20.7. The first-order valence-electron chi connectivity index (χ1n) is 11.1. The molecule has 1 aromatic heterocycles. The smallest absolute Gasteiger partial charge is 0.282 e. The van der Waals surface area contributed by atoms with Gasteiger partial charge in [0.05, 0.1) is 11.3 Å². The Morgan fingerprint density at radius 3 is 2.25 bits per heavy atom. The molecular formula is C27H26N2O2S. The molecule has 2 aliphatic rings. The Balaban J connectivity index is 1.41. The predicted octanol–water partition coefficient (Wildman–Crippen LogP) is 5.30. The van der Waals surface area contributed by atoms with Crippen LogP contribution in [-0.2, 0) is 16.0 Å². The van der Waals surface area contributed by atoms with E-state index < -0.39 is 0 Å². The van der Waals surface area contributed by atoms with Crippen LogP contribution in [0.25, 0.3) is 5.57 Å². The Hall–Kier alpha value is -3.18. The van der Waals surface area contributed by atoms with Crippen molar-refractivity contribution in [2.24, 2.45) is 5.92 Å². The van der Waals surface area contributed by atoms with Gasteiger partial charge < -0.3 is 4.90 Å². The highest BCUT2D eigenvalue weighted by Crippen LogP contribution is 2.38. The third-order valence-electron chi connectivity index (χ3n) is 6.42. The molecule has 0 unspecified atom stereocenters. The Morgan fingerprint density at radius 1 is 0.875 bits per heavy atom. The molecule has 0 spiro atoms. The molecule has 0 N–H and O–H groups in total. The van der Waals surface area contributed by atoms with Crippen molar-refractivity contribution in [1.29, 1.82) is 0 Å². The second-order valence-corrected chi connectivity index (χ2v) is 9.55. The Labute approximate surface area is 192 Å². The average molecular weight is 443 g/mol. The van der Waals surface area contributed by atoms with Gasteiger partial charge in [-0.05, 0) is 61.2 Å². The van der Waals surface area contributed by atoms with Gasteiger partial charge >= 0.3 is 0 Å². The number of thiophene rings is 1. The van der Waals surface area contributed by atoms with Crippen LogP contribution < -0.4 is 4.90 Å². The lowest BCUT2D eigenvalue weighted by atomic mass is 9.90. The van der Waals surface area contributed by atoms with Crippen LogP contribution in [0, 0.1) is 12.8 Å². The molecule has 2 aromatic carbocycles. The quantitative estimate of drug-likeness (QED) is 0.504. The molecule has 0 atom stereocenters. The molecular weight excluding hydrogens is 416 g/mol. The molecule has 3 heterocycles. The van der Waals surface area contributed by atoms with Crippen LogP contribution >= 0.6 is 11.3 Å². The summed E-state index contributed by atoms with van der Waals surface area (Å²) in [5, 5.41) is 1.96. The normalized spacial score (nSPS) is 17.5. The molecule has 0 saturated carbocycles. The van der Waals surface area contributed by atoms with E-state index >= 15 is 0 Å². The minimum Gasteiger partial charge on any atom is -0.366 e. The van der Waals surface area contributed by atoms with E-state index in [0.29, 0.717) is 22.9 Å². The summed E-state index contributed by atoms with van der Waals surface area (Å²) in [6.45, 7) is 3.59. The van der Waals surface area contributed by atoms with E-state index in [-0.39, 0.29) is 11.8 Å². The molecule has 5 rings (SSSR count). The molecule has 3 aromatic rings. The fourth-order valence-corrected chi connectivity index (χ4v) is 5.45. The van der Waals surface area contributed by atoms with Gasteiger partial charge in [-0.25, -0.2) is 4.90 Å². The van der Waals surface area contributed by atoms with E-state index in [0.717, 1.165) is 42.8 Å². The number of hydrogen-bond donors (Lipinski definition) is 0. The van der Waals surface area contributed by atoms with Crippen LogP contribution in [0.4, 0.5) is 5.69 Å². The predicted molar refractivity (Wildman–Crippen MR) is 129 cm³/mol. The van der Waals surface area contributed by atoms with Gasteiger partial charge in [-0.2, -0.15) is 0 Å². The fraction of sp³-hybridized carbons (Fsp3) is 0.259. The number of imide groups is 1. The summed E-state index contributed by atoms with van der Waals surface area (Å²) >= 11 is 1.51. The van der Waals surface area contributed by atoms with Crippen molar-refractivity contribution in [3.8, 4) is 0 Å². The van der Waals surface area contributed by atoms with Gasteiger partial charge in [-0.3, -0.25) is 9.59 Å². The first-order chi connectivity index (χ1) is 15.6. The minimum atomic E-state index is -0.220. The van der Waals surface area contributed by atoms with Crippen molar-refractivity contribution >= 4 is 34.4 Å². The van der Waals surface area contributed by atoms with Crippen molar-refractivity contribution in [3.63, 3.8) is 0 Å². The molecule has 2 aliphatic heterocycles. The third kappa shape index (κ3) is 3.89. The number of anilines is 1. The number of carbonyl (C=O) groups excluding carboxylic acids is 2. The maximum absolute atomic E-state index is 13.6. The molecule has 4 nitrogen and oxygen atoms in total. The molecule has 2 amide bonds. The summed E-state index contributed by atoms with van der Waals surface area (Å²) in [4.78, 5) is 31.4. The number of benzene rings is 2. The first-order valence-corrected chi connectivity index (χ1v) is 12.0. The standard InChI is InChI=1S/C27H26N2O2S/c1-19-9-11-22(12-10-19)29-26(30)24(23-8-5-17-32-23)25(27(29)31)28-15-13-21(14-16-28)18-20-6-3-2-4-7-20/h2-12,17,21H,13-16,18H2,1H3. The van der Waals surface area contributed by atoms with Crippen LogP contribution in [-0.4, -0.2) is 29.8 Å². The molecule has 5 heteroatoms. The van der Waals surface area contributed by atoms with Crippen LogP contribution in [0.15, 0.2) is 77.8 Å². The topological polar surface area (TPSA) is 40.6 Å². The highest BCUT2D eigenvalue weighted by molar-refractivity contribution is 7.11. The summed E-state index contributed by atoms with van der Waals surface area (Å²) in [5.74, 6) is 0.173. The monoisotopic (exact) mass is 442 g/mol. The third-order valence-corrected chi connectivity index (χ3v) is 7.30.